The van der Waals surface area contributed by atoms with E-state index in [1.807, 2.05) is 25.7 Å². The molecule has 0 spiro atoms. The van der Waals surface area contributed by atoms with Crippen LogP contribution in [0.4, 0.5) is 8.78 Å². The molecule has 0 aromatic heterocycles. The lowest BCUT2D eigenvalue weighted by atomic mass is 9.74. The highest BCUT2D eigenvalue weighted by Crippen LogP contribution is 2.42. The minimum Gasteiger partial charge on any atom is -0.335 e. The first kappa shape index (κ1) is 32.5. The van der Waals surface area contributed by atoms with Crippen LogP contribution in [0.25, 0.3) is 0 Å². The average molecular weight is 589 g/mol. The van der Waals surface area contributed by atoms with Crippen LogP contribution in [-0.2, 0) is 9.59 Å². The molecule has 42 heavy (non-hydrogen) atoms. The van der Waals surface area contributed by atoms with Crippen LogP contribution in [-0.4, -0.2) is 76.4 Å². The number of hydrogen-bond donors (Lipinski definition) is 0. The number of amides is 2. The van der Waals surface area contributed by atoms with Gasteiger partial charge in [-0.15, -0.1) is 0 Å². The van der Waals surface area contributed by atoms with Gasteiger partial charge in [0.1, 0.15) is 18.2 Å². The van der Waals surface area contributed by atoms with E-state index in [1.54, 1.807) is 4.90 Å². The molecule has 1 saturated carbocycles. The number of carbonyl (C=O) groups excluding carboxylic acids is 2. The number of nitrogens with zero attached hydrogens (tertiary/aromatic N) is 4. The normalized spacial score (nSPS) is 27.3. The van der Waals surface area contributed by atoms with Gasteiger partial charge in [0.25, 0.3) is 0 Å². The highest BCUT2D eigenvalue weighted by atomic mass is 19.1. The largest absolute Gasteiger partial charge is 0.335 e. The Hall–Kier alpha value is -2.42. The second kappa shape index (κ2) is 11.9. The van der Waals surface area contributed by atoms with Crippen LogP contribution in [0, 0.1) is 33.3 Å². The monoisotopic (exact) mass is 588 g/mol. The third-order valence-corrected chi connectivity index (χ3v) is 9.88. The maximum Gasteiger partial charge on any atom is 0.228 e. The van der Waals surface area contributed by atoms with Gasteiger partial charge in [0.15, 0.2) is 0 Å². The molecule has 2 amide bonds. The molecule has 0 N–H and O–H groups in total. The Balaban J connectivity index is 1.66. The Morgan fingerprint density at radius 3 is 2.19 bits per heavy atom. The number of halogens is 2. The van der Waals surface area contributed by atoms with E-state index in [4.69, 9.17) is 0 Å². The minimum atomic E-state index is -0.654. The van der Waals surface area contributed by atoms with Crippen molar-refractivity contribution in [3.05, 3.63) is 40.3 Å². The maximum atomic E-state index is 15.1. The van der Waals surface area contributed by atoms with Gasteiger partial charge in [-0.05, 0) is 69.9 Å². The smallest absolute Gasteiger partial charge is 0.228 e. The SMILES string of the molecule is CC1(C)CCC(N(C(=O)C(C)(C)C)[C@H]2C[C@@H](CN=O)N(C(=O)C3CN(C(C)(C)C)C[C@H]3c3ccc(F)cc3F)C2)CC1. The van der Waals surface area contributed by atoms with E-state index in [2.05, 4.69) is 44.7 Å². The van der Waals surface area contributed by atoms with Crippen molar-refractivity contribution in [2.75, 3.05) is 26.2 Å². The van der Waals surface area contributed by atoms with Crippen LogP contribution in [0.5, 0.6) is 0 Å². The fourth-order valence-corrected chi connectivity index (χ4v) is 7.23. The number of carbonyl (C=O) groups is 2. The fraction of sp³-hybridized carbons (Fsp3) is 0.758. The minimum absolute atomic E-state index is 0.0528. The first-order chi connectivity index (χ1) is 19.4. The van der Waals surface area contributed by atoms with Gasteiger partial charge in [-0.3, -0.25) is 14.5 Å². The van der Waals surface area contributed by atoms with E-state index in [9.17, 15) is 18.9 Å². The summed E-state index contributed by atoms with van der Waals surface area (Å²) in [4.78, 5) is 45.9. The maximum absolute atomic E-state index is 15.1. The number of benzene rings is 1. The molecule has 0 bridgehead atoms. The van der Waals surface area contributed by atoms with Crippen molar-refractivity contribution >= 4 is 11.8 Å². The molecule has 7 nitrogen and oxygen atoms in total. The summed E-state index contributed by atoms with van der Waals surface area (Å²) < 4.78 is 28.9. The molecule has 2 heterocycles. The number of nitroso groups, excluding NO2 is 1. The van der Waals surface area contributed by atoms with Crippen LogP contribution < -0.4 is 0 Å². The molecule has 1 unspecified atom stereocenters. The first-order valence-corrected chi connectivity index (χ1v) is 15.6. The molecule has 3 aliphatic rings. The predicted molar refractivity (Wildman–Crippen MR) is 161 cm³/mol. The molecule has 9 heteroatoms. The van der Waals surface area contributed by atoms with E-state index >= 15 is 4.39 Å². The molecule has 1 aromatic carbocycles. The molecule has 4 rings (SSSR count). The van der Waals surface area contributed by atoms with Crippen molar-refractivity contribution < 1.29 is 18.4 Å². The van der Waals surface area contributed by atoms with E-state index in [0.717, 1.165) is 31.7 Å². The second-order valence-corrected chi connectivity index (χ2v) is 15.7. The summed E-state index contributed by atoms with van der Waals surface area (Å²) >= 11 is 0. The van der Waals surface area contributed by atoms with Gasteiger partial charge >= 0.3 is 0 Å². The van der Waals surface area contributed by atoms with E-state index in [-0.39, 0.29) is 41.4 Å². The third-order valence-electron chi connectivity index (χ3n) is 9.88. The molecular weight excluding hydrogens is 538 g/mol. The standard InChI is InChI=1S/C33H50F2N4O3/c1-31(2,3)30(41)39(22-11-13-33(7,8)14-12-22)24-16-23(17-36-42)38(18-24)29(40)27-20-37(32(4,5)6)19-26(27)25-10-9-21(34)15-28(25)35/h9-10,15,22-24,26-27H,11-14,16-20H2,1-8H3/t23-,24-,26-,27?/m0/s1. The van der Waals surface area contributed by atoms with Crippen molar-refractivity contribution in [3.8, 4) is 0 Å². The Bertz CT molecular complexity index is 1160. The van der Waals surface area contributed by atoms with E-state index in [1.165, 1.54) is 12.1 Å². The zero-order valence-electron chi connectivity index (χ0n) is 26.8. The summed E-state index contributed by atoms with van der Waals surface area (Å²) in [6, 6.07) is 3.00. The second-order valence-electron chi connectivity index (χ2n) is 15.7. The lowest BCUT2D eigenvalue weighted by molar-refractivity contribution is -0.147. The topological polar surface area (TPSA) is 73.3 Å². The third kappa shape index (κ3) is 6.87. The molecule has 1 aromatic rings. The van der Waals surface area contributed by atoms with E-state index in [0.29, 0.717) is 31.6 Å². The summed E-state index contributed by atoms with van der Waals surface area (Å²) in [6.07, 6.45) is 4.35. The summed E-state index contributed by atoms with van der Waals surface area (Å²) in [7, 11) is 0. The molecule has 2 saturated heterocycles. The van der Waals surface area contributed by atoms with Crippen molar-refractivity contribution in [3.63, 3.8) is 0 Å². The number of rotatable bonds is 6. The van der Waals surface area contributed by atoms with Gasteiger partial charge in [0.05, 0.1) is 18.0 Å². The Labute approximate surface area is 250 Å². The molecule has 0 radical (unpaired) electrons. The average Bonchev–Trinajstić information content (AvgIpc) is 3.50. The van der Waals surface area contributed by atoms with Crippen LogP contribution in [0.2, 0.25) is 0 Å². The van der Waals surface area contributed by atoms with Crippen molar-refractivity contribution in [1.82, 2.24) is 14.7 Å². The number of hydrogen-bond acceptors (Lipinski definition) is 5. The highest BCUT2D eigenvalue weighted by molar-refractivity contribution is 5.84. The van der Waals surface area contributed by atoms with Crippen molar-refractivity contribution in [2.45, 2.75) is 117 Å². The lowest BCUT2D eigenvalue weighted by Crippen LogP contribution is -2.54. The van der Waals surface area contributed by atoms with Gasteiger partial charge in [-0.25, -0.2) is 8.78 Å². The molecule has 2 aliphatic heterocycles. The fourth-order valence-electron chi connectivity index (χ4n) is 7.23. The van der Waals surface area contributed by atoms with Gasteiger partial charge < -0.3 is 9.80 Å². The quantitative estimate of drug-likeness (QED) is 0.363. The summed E-state index contributed by atoms with van der Waals surface area (Å²) in [5.74, 6) is -2.43. The van der Waals surface area contributed by atoms with Crippen LogP contribution in [0.3, 0.4) is 0 Å². The lowest BCUT2D eigenvalue weighted by Gasteiger charge is -2.45. The van der Waals surface area contributed by atoms with Gasteiger partial charge in [0, 0.05) is 48.6 Å². The molecule has 1 aliphatic carbocycles. The molecule has 3 fully saturated rings. The summed E-state index contributed by atoms with van der Waals surface area (Å²) in [5.41, 5.74) is -0.282. The van der Waals surface area contributed by atoms with Crippen molar-refractivity contribution in [2.24, 2.45) is 21.9 Å². The Morgan fingerprint density at radius 2 is 1.64 bits per heavy atom. The zero-order valence-corrected chi connectivity index (χ0v) is 26.8. The summed E-state index contributed by atoms with van der Waals surface area (Å²) in [5, 5.41) is 3.19. The van der Waals surface area contributed by atoms with Crippen LogP contribution in [0.15, 0.2) is 23.4 Å². The van der Waals surface area contributed by atoms with Gasteiger partial charge in [0.2, 0.25) is 11.8 Å². The zero-order chi connectivity index (χ0) is 31.2. The van der Waals surface area contributed by atoms with Crippen LogP contribution in [0.1, 0.15) is 99.0 Å². The molecule has 4 atom stereocenters. The Morgan fingerprint density at radius 1 is 1.00 bits per heavy atom. The molecular formula is C33H50F2N4O3. The number of likely N-dealkylation sites (tertiary alicyclic amines) is 2. The Kier molecular flexibility index (Phi) is 9.23. The predicted octanol–water partition coefficient (Wildman–Crippen LogP) is 6.36. The highest BCUT2D eigenvalue weighted by Gasteiger charge is 2.50. The van der Waals surface area contributed by atoms with Crippen molar-refractivity contribution in [1.29, 1.82) is 0 Å². The summed E-state index contributed by atoms with van der Waals surface area (Å²) in [6.45, 7) is 17.7. The first-order valence-electron chi connectivity index (χ1n) is 15.6. The van der Waals surface area contributed by atoms with E-state index < -0.39 is 34.9 Å². The van der Waals surface area contributed by atoms with Gasteiger partial charge in [-0.2, -0.15) is 4.91 Å². The van der Waals surface area contributed by atoms with Crippen LogP contribution >= 0.6 is 0 Å². The van der Waals surface area contributed by atoms with Gasteiger partial charge in [-0.1, -0.05) is 45.9 Å². The molecule has 234 valence electrons.